The van der Waals surface area contributed by atoms with Gasteiger partial charge in [-0.25, -0.2) is 4.99 Å². The number of nitrogens with one attached hydrogen (secondary N) is 2. The second-order valence-electron chi connectivity index (χ2n) is 5.56. The van der Waals surface area contributed by atoms with Gasteiger partial charge in [0.25, 0.3) is 0 Å². The zero-order valence-electron chi connectivity index (χ0n) is 14.5. The van der Waals surface area contributed by atoms with Crippen molar-refractivity contribution in [1.82, 2.24) is 25.3 Å². The van der Waals surface area contributed by atoms with Crippen molar-refractivity contribution in [2.24, 2.45) is 4.99 Å². The second kappa shape index (κ2) is 9.05. The fourth-order valence-corrected chi connectivity index (χ4v) is 2.47. The van der Waals surface area contributed by atoms with Gasteiger partial charge in [-0.2, -0.15) is 4.98 Å². The molecule has 0 aliphatic heterocycles. The molecule has 0 radical (unpaired) electrons. The van der Waals surface area contributed by atoms with Gasteiger partial charge < -0.3 is 19.7 Å². The van der Waals surface area contributed by atoms with Crippen molar-refractivity contribution in [3.8, 4) is 11.4 Å². The van der Waals surface area contributed by atoms with Gasteiger partial charge in [-0.3, -0.25) is 0 Å². The minimum Gasteiger partial charge on any atom is -0.357 e. The van der Waals surface area contributed by atoms with Crippen LogP contribution in [0.5, 0.6) is 0 Å². The van der Waals surface area contributed by atoms with E-state index in [9.17, 15) is 0 Å². The van der Waals surface area contributed by atoms with Crippen LogP contribution in [0.4, 0.5) is 0 Å². The first-order chi connectivity index (χ1) is 12.7. The molecule has 0 aliphatic carbocycles. The van der Waals surface area contributed by atoms with Crippen molar-refractivity contribution in [3.05, 3.63) is 59.7 Å². The minimum atomic E-state index is 0.305. The number of aliphatic imine (C=N–C) groups is 1. The highest BCUT2D eigenvalue weighted by Gasteiger charge is 2.08. The number of aromatic nitrogens is 3. The van der Waals surface area contributed by atoms with Crippen molar-refractivity contribution in [3.63, 3.8) is 0 Å². The van der Waals surface area contributed by atoms with Crippen LogP contribution in [0.3, 0.4) is 0 Å². The van der Waals surface area contributed by atoms with Gasteiger partial charge in [0, 0.05) is 42.6 Å². The van der Waals surface area contributed by atoms with Crippen LogP contribution in [0.15, 0.2) is 58.3 Å². The second-order valence-corrected chi connectivity index (χ2v) is 6.00. The molecule has 0 bridgehead atoms. The van der Waals surface area contributed by atoms with E-state index in [1.54, 1.807) is 12.1 Å². The van der Waals surface area contributed by atoms with Gasteiger partial charge in [0.1, 0.15) is 6.54 Å². The fraction of sp³-hybridized carbons (Fsp3) is 0.278. The predicted molar refractivity (Wildman–Crippen MR) is 102 cm³/mol. The number of guanidine groups is 1. The van der Waals surface area contributed by atoms with Crippen molar-refractivity contribution in [2.75, 3.05) is 13.1 Å². The van der Waals surface area contributed by atoms with E-state index >= 15 is 0 Å². The molecule has 7 nitrogen and oxygen atoms in total. The van der Waals surface area contributed by atoms with Crippen LogP contribution in [-0.2, 0) is 13.1 Å². The van der Waals surface area contributed by atoms with Crippen LogP contribution < -0.4 is 10.6 Å². The Morgan fingerprint density at radius 1 is 1.19 bits per heavy atom. The van der Waals surface area contributed by atoms with Gasteiger partial charge in [-0.05, 0) is 43.3 Å². The minimum absolute atomic E-state index is 0.305. The Morgan fingerprint density at radius 3 is 2.69 bits per heavy atom. The summed E-state index contributed by atoms with van der Waals surface area (Å²) in [5.41, 5.74) is 0.852. The van der Waals surface area contributed by atoms with Gasteiger partial charge in [-0.1, -0.05) is 16.8 Å². The summed E-state index contributed by atoms with van der Waals surface area (Å²) in [5, 5.41) is 11.2. The SMILES string of the molecule is CCNC(=NCc1nc(-c2ccc(Cl)cc2)no1)NCCn1cccc1. The first kappa shape index (κ1) is 18.0. The van der Waals surface area contributed by atoms with E-state index in [2.05, 4.69) is 30.3 Å². The van der Waals surface area contributed by atoms with Gasteiger partial charge in [0.05, 0.1) is 0 Å². The van der Waals surface area contributed by atoms with Crippen LogP contribution in [-0.4, -0.2) is 33.8 Å². The largest absolute Gasteiger partial charge is 0.357 e. The topological polar surface area (TPSA) is 80.3 Å². The molecule has 3 aromatic rings. The molecule has 8 heteroatoms. The Kier molecular flexibility index (Phi) is 6.27. The maximum absolute atomic E-state index is 5.90. The molecule has 0 spiro atoms. The van der Waals surface area contributed by atoms with Crippen molar-refractivity contribution < 1.29 is 4.52 Å². The summed E-state index contributed by atoms with van der Waals surface area (Å²) in [6, 6.07) is 11.3. The lowest BCUT2D eigenvalue weighted by Crippen LogP contribution is -2.38. The third-order valence-electron chi connectivity index (χ3n) is 3.62. The van der Waals surface area contributed by atoms with E-state index in [0.717, 1.165) is 25.2 Å². The molecular weight excluding hydrogens is 352 g/mol. The van der Waals surface area contributed by atoms with Crippen LogP contribution in [0, 0.1) is 0 Å². The van der Waals surface area contributed by atoms with Gasteiger partial charge in [0.15, 0.2) is 5.96 Å². The number of nitrogens with zero attached hydrogens (tertiary/aromatic N) is 4. The Bertz CT molecular complexity index is 826. The molecule has 0 fully saturated rings. The fourth-order valence-electron chi connectivity index (χ4n) is 2.35. The lowest BCUT2D eigenvalue weighted by molar-refractivity contribution is 0.380. The highest BCUT2D eigenvalue weighted by molar-refractivity contribution is 6.30. The molecule has 2 heterocycles. The Morgan fingerprint density at radius 2 is 1.96 bits per heavy atom. The van der Waals surface area contributed by atoms with Crippen LogP contribution in [0.25, 0.3) is 11.4 Å². The summed E-state index contributed by atoms with van der Waals surface area (Å²) in [5.74, 6) is 1.70. The molecule has 0 amide bonds. The maximum atomic E-state index is 5.90. The first-order valence-electron chi connectivity index (χ1n) is 8.46. The molecule has 0 saturated carbocycles. The third-order valence-corrected chi connectivity index (χ3v) is 3.87. The standard InChI is InChI=1S/C18H21ClN6O/c1-2-20-18(21-9-12-25-10-3-4-11-25)22-13-16-23-17(24-26-16)14-5-7-15(19)8-6-14/h3-8,10-11H,2,9,12-13H2,1H3,(H2,20,21,22). The summed E-state index contributed by atoms with van der Waals surface area (Å²) in [4.78, 5) is 8.87. The van der Waals surface area contributed by atoms with Gasteiger partial charge >= 0.3 is 0 Å². The molecule has 2 N–H and O–H groups in total. The summed E-state index contributed by atoms with van der Waals surface area (Å²) < 4.78 is 7.38. The highest BCUT2D eigenvalue weighted by atomic mass is 35.5. The Labute approximate surface area is 157 Å². The molecule has 0 unspecified atom stereocenters. The molecule has 0 aliphatic rings. The molecular formula is C18H21ClN6O. The summed E-state index contributed by atoms with van der Waals surface area (Å²) in [6.45, 7) is 4.72. The number of rotatable bonds is 7. The number of benzene rings is 1. The van der Waals surface area contributed by atoms with E-state index in [1.807, 2.05) is 43.6 Å². The zero-order chi connectivity index (χ0) is 18.2. The average Bonchev–Trinajstić information content (AvgIpc) is 3.32. The summed E-state index contributed by atoms with van der Waals surface area (Å²) in [7, 11) is 0. The number of hydrogen-bond donors (Lipinski definition) is 2. The highest BCUT2D eigenvalue weighted by Crippen LogP contribution is 2.18. The van der Waals surface area contributed by atoms with E-state index in [-0.39, 0.29) is 0 Å². The molecule has 2 aromatic heterocycles. The molecule has 26 heavy (non-hydrogen) atoms. The smallest absolute Gasteiger partial charge is 0.248 e. The zero-order valence-corrected chi connectivity index (χ0v) is 15.3. The van der Waals surface area contributed by atoms with E-state index in [4.69, 9.17) is 16.1 Å². The first-order valence-corrected chi connectivity index (χ1v) is 8.84. The van der Waals surface area contributed by atoms with Gasteiger partial charge in [0.2, 0.25) is 11.7 Å². The van der Waals surface area contributed by atoms with Crippen LogP contribution >= 0.6 is 11.6 Å². The Balaban J connectivity index is 1.57. The number of halogens is 1. The average molecular weight is 373 g/mol. The van der Waals surface area contributed by atoms with Crippen LogP contribution in [0.1, 0.15) is 12.8 Å². The third kappa shape index (κ3) is 5.10. The lowest BCUT2D eigenvalue weighted by Gasteiger charge is -2.11. The normalized spacial score (nSPS) is 11.5. The summed E-state index contributed by atoms with van der Waals surface area (Å²) >= 11 is 5.90. The van der Waals surface area contributed by atoms with Crippen molar-refractivity contribution in [2.45, 2.75) is 20.0 Å². The van der Waals surface area contributed by atoms with Crippen molar-refractivity contribution >= 4 is 17.6 Å². The maximum Gasteiger partial charge on any atom is 0.248 e. The molecule has 0 atom stereocenters. The molecule has 1 aromatic carbocycles. The Hall–Kier alpha value is -2.80. The van der Waals surface area contributed by atoms with Crippen molar-refractivity contribution in [1.29, 1.82) is 0 Å². The summed E-state index contributed by atoms with van der Waals surface area (Å²) in [6.07, 6.45) is 4.06. The monoisotopic (exact) mass is 372 g/mol. The van der Waals surface area contributed by atoms with Crippen LogP contribution in [0.2, 0.25) is 5.02 Å². The quantitative estimate of drug-likeness (QED) is 0.492. The number of hydrogen-bond acceptors (Lipinski definition) is 4. The molecule has 3 rings (SSSR count). The van der Waals surface area contributed by atoms with E-state index < -0.39 is 0 Å². The molecule has 136 valence electrons. The predicted octanol–water partition coefficient (Wildman–Crippen LogP) is 2.95. The van der Waals surface area contributed by atoms with E-state index in [0.29, 0.717) is 29.2 Å². The lowest BCUT2D eigenvalue weighted by atomic mass is 10.2. The van der Waals surface area contributed by atoms with Gasteiger partial charge in [-0.15, -0.1) is 0 Å². The molecule has 0 saturated heterocycles. The van der Waals surface area contributed by atoms with E-state index in [1.165, 1.54) is 0 Å².